The zero-order chi connectivity index (χ0) is 19.5. The Morgan fingerprint density at radius 3 is 2.35 bits per heavy atom. The van der Waals surface area contributed by atoms with Crippen molar-refractivity contribution in [3.63, 3.8) is 0 Å². The largest absolute Gasteiger partial charge is 0.432 e. The van der Waals surface area contributed by atoms with Gasteiger partial charge >= 0.3 is 5.97 Å². The monoisotopic (exact) mass is 370 g/mol. The van der Waals surface area contributed by atoms with Crippen LogP contribution in [-0.4, -0.2) is 52.8 Å². The van der Waals surface area contributed by atoms with E-state index in [2.05, 4.69) is 0 Å². The molecule has 0 aromatic heterocycles. The van der Waals surface area contributed by atoms with Crippen molar-refractivity contribution in [1.29, 1.82) is 0 Å². The number of hydrogen-bond acceptors (Lipinski definition) is 7. The molecule has 3 aliphatic rings. The highest BCUT2D eigenvalue weighted by molar-refractivity contribution is 5.82. The predicted octanol–water partition coefficient (Wildman–Crippen LogP) is 2.49. The zero-order valence-electron chi connectivity index (χ0n) is 16.7. The van der Waals surface area contributed by atoms with Crippen LogP contribution in [0.5, 0.6) is 0 Å². The molecular formula is C19H30O7. The summed E-state index contributed by atoms with van der Waals surface area (Å²) in [6.07, 6.45) is -0.200. The fourth-order valence-corrected chi connectivity index (χ4v) is 4.44. The second kappa shape index (κ2) is 5.99. The minimum Gasteiger partial charge on any atom is -0.432 e. The van der Waals surface area contributed by atoms with Crippen LogP contribution < -0.4 is 0 Å². The van der Waals surface area contributed by atoms with Gasteiger partial charge in [0.05, 0.1) is 17.8 Å². The molecule has 0 aromatic carbocycles. The number of fused-ring (bicyclic) bond motifs is 1. The molecule has 0 aromatic rings. The van der Waals surface area contributed by atoms with Crippen molar-refractivity contribution in [2.24, 2.45) is 0 Å². The van der Waals surface area contributed by atoms with E-state index in [9.17, 15) is 9.59 Å². The van der Waals surface area contributed by atoms with Gasteiger partial charge in [0.15, 0.2) is 11.4 Å². The smallest absolute Gasteiger partial charge is 0.341 e. The van der Waals surface area contributed by atoms with Crippen LogP contribution in [-0.2, 0) is 33.3 Å². The van der Waals surface area contributed by atoms with Crippen LogP contribution in [0, 0.1) is 0 Å². The molecule has 3 rings (SSSR count). The van der Waals surface area contributed by atoms with Crippen LogP contribution >= 0.6 is 0 Å². The molecule has 0 N–H and O–H groups in total. The standard InChI is InChI=1S/C19H30O7/c1-11(20)8-16(2,3)22-12-9-19(15(21)25-18(6,7)26-19)10-13-14(12)24-17(4,5)23-13/h12-14H,8-10H2,1-7H3/t12-,13-,14+,19-/m1/s1. The number of Topliss-reactive ketones (excluding diaryl/α,β-unsaturated/α-hetero) is 1. The topological polar surface area (TPSA) is 80.3 Å². The summed E-state index contributed by atoms with van der Waals surface area (Å²) >= 11 is 0. The Kier molecular flexibility index (Phi) is 4.55. The average molecular weight is 370 g/mol. The summed E-state index contributed by atoms with van der Waals surface area (Å²) in [6.45, 7) is 12.4. The summed E-state index contributed by atoms with van der Waals surface area (Å²) in [5, 5.41) is 0. The maximum atomic E-state index is 12.7. The number of hydrogen-bond donors (Lipinski definition) is 0. The molecule has 7 nitrogen and oxygen atoms in total. The lowest BCUT2D eigenvalue weighted by Gasteiger charge is -2.42. The molecular weight excluding hydrogens is 340 g/mol. The summed E-state index contributed by atoms with van der Waals surface area (Å²) in [5.41, 5.74) is -1.81. The molecule has 1 spiro atoms. The minimum atomic E-state index is -1.12. The van der Waals surface area contributed by atoms with Crippen LogP contribution in [0.3, 0.4) is 0 Å². The van der Waals surface area contributed by atoms with E-state index in [0.29, 0.717) is 12.8 Å². The Morgan fingerprint density at radius 1 is 1.15 bits per heavy atom. The Bertz CT molecular complexity index is 609. The van der Waals surface area contributed by atoms with Crippen molar-refractivity contribution >= 4 is 11.8 Å². The number of esters is 1. The van der Waals surface area contributed by atoms with Gasteiger partial charge in [-0.3, -0.25) is 4.79 Å². The highest BCUT2D eigenvalue weighted by Crippen LogP contribution is 2.49. The van der Waals surface area contributed by atoms with E-state index in [1.54, 1.807) is 13.8 Å². The van der Waals surface area contributed by atoms with Gasteiger partial charge in [0.1, 0.15) is 11.9 Å². The molecule has 2 heterocycles. The number of ketones is 1. The molecule has 4 atom stereocenters. The van der Waals surface area contributed by atoms with Crippen molar-refractivity contribution in [1.82, 2.24) is 0 Å². The van der Waals surface area contributed by atoms with Crippen molar-refractivity contribution in [3.8, 4) is 0 Å². The molecule has 2 aliphatic heterocycles. The van der Waals surface area contributed by atoms with Crippen molar-refractivity contribution in [2.75, 3.05) is 0 Å². The fraction of sp³-hybridized carbons (Fsp3) is 0.895. The number of ether oxygens (including phenoxy) is 5. The minimum absolute atomic E-state index is 0.0404. The second-order valence-corrected chi connectivity index (χ2v) is 9.23. The molecule has 1 aliphatic carbocycles. The summed E-state index contributed by atoms with van der Waals surface area (Å²) in [7, 11) is 0. The van der Waals surface area contributed by atoms with Gasteiger partial charge in [-0.2, -0.15) is 0 Å². The van der Waals surface area contributed by atoms with Crippen LogP contribution in [0.4, 0.5) is 0 Å². The highest BCUT2D eigenvalue weighted by Gasteiger charge is 2.64. The molecule has 1 saturated carbocycles. The van der Waals surface area contributed by atoms with E-state index in [-0.39, 0.29) is 24.4 Å². The average Bonchev–Trinajstić information content (AvgIpc) is 2.79. The van der Waals surface area contributed by atoms with E-state index in [1.165, 1.54) is 6.92 Å². The van der Waals surface area contributed by atoms with E-state index < -0.39 is 34.8 Å². The Morgan fingerprint density at radius 2 is 1.81 bits per heavy atom. The van der Waals surface area contributed by atoms with Gasteiger partial charge in [-0.05, 0) is 34.6 Å². The van der Waals surface area contributed by atoms with E-state index >= 15 is 0 Å². The lowest BCUT2D eigenvalue weighted by Crippen LogP contribution is -2.57. The van der Waals surface area contributed by atoms with E-state index in [1.807, 2.05) is 27.7 Å². The third-order valence-corrected chi connectivity index (χ3v) is 4.95. The van der Waals surface area contributed by atoms with Crippen LogP contribution in [0.1, 0.15) is 67.7 Å². The first-order valence-electron chi connectivity index (χ1n) is 9.19. The third-order valence-electron chi connectivity index (χ3n) is 4.95. The summed E-state index contributed by atoms with van der Waals surface area (Å²) in [4.78, 5) is 24.2. The Labute approximate surface area is 154 Å². The quantitative estimate of drug-likeness (QED) is 0.703. The number of rotatable bonds is 4. The van der Waals surface area contributed by atoms with Crippen LogP contribution in [0.2, 0.25) is 0 Å². The van der Waals surface area contributed by atoms with Crippen LogP contribution in [0.15, 0.2) is 0 Å². The lowest BCUT2D eigenvalue weighted by atomic mass is 9.79. The van der Waals surface area contributed by atoms with Crippen LogP contribution in [0.25, 0.3) is 0 Å². The first-order valence-corrected chi connectivity index (χ1v) is 9.19. The Hall–Kier alpha value is -1.02. The molecule has 0 amide bonds. The van der Waals surface area contributed by atoms with Gasteiger partial charge in [-0.25, -0.2) is 4.79 Å². The van der Waals surface area contributed by atoms with Crippen molar-refractivity contribution < 1.29 is 33.3 Å². The molecule has 0 radical (unpaired) electrons. The summed E-state index contributed by atoms with van der Waals surface area (Å²) < 4.78 is 29.8. The molecule has 3 fully saturated rings. The number of carbonyl (C=O) groups is 2. The molecule has 7 heteroatoms. The molecule has 26 heavy (non-hydrogen) atoms. The Balaban J connectivity index is 1.88. The van der Waals surface area contributed by atoms with Gasteiger partial charge in [0.25, 0.3) is 0 Å². The fourth-order valence-electron chi connectivity index (χ4n) is 4.44. The van der Waals surface area contributed by atoms with Gasteiger partial charge in [0, 0.05) is 33.1 Å². The lowest BCUT2D eigenvalue weighted by molar-refractivity contribution is -0.211. The third kappa shape index (κ3) is 3.81. The first-order chi connectivity index (χ1) is 11.7. The maximum absolute atomic E-state index is 12.7. The van der Waals surface area contributed by atoms with E-state index in [4.69, 9.17) is 23.7 Å². The van der Waals surface area contributed by atoms with Gasteiger partial charge in [-0.15, -0.1) is 0 Å². The normalized spacial score (nSPS) is 38.3. The second-order valence-electron chi connectivity index (χ2n) is 9.23. The van der Waals surface area contributed by atoms with Crippen molar-refractivity contribution in [2.45, 2.75) is 109 Å². The molecule has 0 bridgehead atoms. The maximum Gasteiger partial charge on any atom is 0.341 e. The molecule has 2 saturated heterocycles. The molecule has 0 unspecified atom stereocenters. The van der Waals surface area contributed by atoms with Gasteiger partial charge < -0.3 is 23.7 Å². The SMILES string of the molecule is CC(=O)CC(C)(C)O[C@@H]1C[C@]2(C[C@H]3OC(C)(C)O[C@@H]13)OC(C)(C)OC2=O. The number of carbonyl (C=O) groups excluding carboxylic acids is 2. The first kappa shape index (κ1) is 19.7. The summed E-state index contributed by atoms with van der Waals surface area (Å²) in [5.74, 6) is -2.12. The number of cyclic esters (lactones) is 1. The predicted molar refractivity (Wildman–Crippen MR) is 91.3 cm³/mol. The molecule has 148 valence electrons. The van der Waals surface area contributed by atoms with Crippen molar-refractivity contribution in [3.05, 3.63) is 0 Å². The highest BCUT2D eigenvalue weighted by atomic mass is 16.8. The van der Waals surface area contributed by atoms with Gasteiger partial charge in [-0.1, -0.05) is 0 Å². The zero-order valence-corrected chi connectivity index (χ0v) is 16.7. The van der Waals surface area contributed by atoms with Gasteiger partial charge in [0.2, 0.25) is 5.79 Å². The summed E-state index contributed by atoms with van der Waals surface area (Å²) in [6, 6.07) is 0. The van der Waals surface area contributed by atoms with E-state index in [0.717, 1.165) is 0 Å².